The van der Waals surface area contributed by atoms with Gasteiger partial charge in [-0.3, -0.25) is 4.31 Å². The van der Waals surface area contributed by atoms with E-state index in [1.807, 2.05) is 26.8 Å². The number of nitrogens with zero attached hydrogens (tertiary/aromatic N) is 1. The third kappa shape index (κ3) is 4.50. The Morgan fingerprint density at radius 1 is 0.943 bits per heavy atom. The first kappa shape index (κ1) is 24.7. The maximum Gasteiger partial charge on any atom is 0.264 e. The van der Waals surface area contributed by atoms with Crippen LogP contribution in [0.25, 0.3) is 0 Å². The Morgan fingerprint density at radius 2 is 1.63 bits per heavy atom. The van der Waals surface area contributed by atoms with E-state index in [1.165, 1.54) is 4.31 Å². The average Bonchev–Trinajstić information content (AvgIpc) is 3.14. The molecule has 0 unspecified atom stereocenters. The lowest BCUT2D eigenvalue weighted by molar-refractivity contribution is 0.259. The summed E-state index contributed by atoms with van der Waals surface area (Å²) in [6, 6.07) is 16.4. The molecule has 3 aromatic carbocycles. The second-order valence-corrected chi connectivity index (χ2v) is 10.9. The van der Waals surface area contributed by atoms with Crippen LogP contribution in [0.1, 0.15) is 43.9 Å². The number of sulfonamides is 1. The normalized spacial score (nSPS) is 17.4. The molecule has 4 rings (SSSR count). The number of phenols is 1. The highest BCUT2D eigenvalue weighted by molar-refractivity contribution is 7.92. The summed E-state index contributed by atoms with van der Waals surface area (Å²) in [6.07, 6.45) is 0. The molecule has 2 atom stereocenters. The van der Waals surface area contributed by atoms with Gasteiger partial charge in [0.15, 0.2) is 23.0 Å². The van der Waals surface area contributed by atoms with Gasteiger partial charge in [-0.15, -0.1) is 0 Å². The van der Waals surface area contributed by atoms with Crippen LogP contribution in [0.5, 0.6) is 23.0 Å². The molecule has 0 fully saturated rings. The van der Waals surface area contributed by atoms with Crippen molar-refractivity contribution in [2.75, 3.05) is 25.1 Å². The van der Waals surface area contributed by atoms with Gasteiger partial charge in [-0.05, 0) is 47.4 Å². The number of hydrogen-bond acceptors (Lipinski definition) is 6. The van der Waals surface area contributed by atoms with E-state index >= 15 is 0 Å². The molecule has 8 heteroatoms. The second kappa shape index (κ2) is 9.70. The van der Waals surface area contributed by atoms with E-state index in [0.717, 1.165) is 11.1 Å². The van der Waals surface area contributed by atoms with Crippen molar-refractivity contribution >= 4 is 15.7 Å². The van der Waals surface area contributed by atoms with Gasteiger partial charge in [-0.2, -0.15) is 0 Å². The minimum atomic E-state index is -3.95. The molecule has 1 aliphatic heterocycles. The van der Waals surface area contributed by atoms with E-state index in [0.29, 0.717) is 23.8 Å². The van der Waals surface area contributed by atoms with Crippen LogP contribution in [-0.4, -0.2) is 34.4 Å². The average molecular weight is 498 g/mol. The van der Waals surface area contributed by atoms with Crippen LogP contribution in [-0.2, 0) is 10.0 Å². The number of hydrogen-bond donors (Lipinski definition) is 1. The van der Waals surface area contributed by atoms with Gasteiger partial charge in [0, 0.05) is 12.0 Å². The number of fused-ring (bicyclic) bond motifs is 1. The molecular weight excluding hydrogens is 466 g/mol. The summed E-state index contributed by atoms with van der Waals surface area (Å²) in [5, 5.41) is 10.7. The molecule has 3 aromatic rings. The van der Waals surface area contributed by atoms with Gasteiger partial charge in [0.1, 0.15) is 0 Å². The Balaban J connectivity index is 1.92. The van der Waals surface area contributed by atoms with E-state index < -0.39 is 16.1 Å². The van der Waals surface area contributed by atoms with Crippen molar-refractivity contribution in [2.45, 2.75) is 37.6 Å². The van der Waals surface area contributed by atoms with Crippen LogP contribution < -0.4 is 18.5 Å². The van der Waals surface area contributed by atoms with Crippen LogP contribution in [0.4, 0.5) is 5.69 Å². The lowest BCUT2D eigenvalue weighted by Gasteiger charge is -2.29. The van der Waals surface area contributed by atoms with Crippen molar-refractivity contribution < 1.29 is 27.7 Å². The van der Waals surface area contributed by atoms with Gasteiger partial charge in [-0.1, -0.05) is 45.0 Å². The van der Waals surface area contributed by atoms with Crippen LogP contribution >= 0.6 is 0 Å². The highest BCUT2D eigenvalue weighted by Gasteiger charge is 2.45. The molecule has 1 N–H and O–H groups in total. The Kier molecular flexibility index (Phi) is 6.85. The first-order chi connectivity index (χ1) is 16.7. The minimum absolute atomic E-state index is 0.0127. The number of anilines is 1. The molecule has 0 saturated heterocycles. The smallest absolute Gasteiger partial charge is 0.264 e. The molecule has 0 bridgehead atoms. The molecule has 0 aromatic heterocycles. The predicted octanol–water partition coefficient (Wildman–Crippen LogP) is 5.50. The van der Waals surface area contributed by atoms with Crippen molar-refractivity contribution in [1.82, 2.24) is 0 Å². The second-order valence-electron chi connectivity index (χ2n) is 9.05. The van der Waals surface area contributed by atoms with Crippen molar-refractivity contribution in [3.63, 3.8) is 0 Å². The topological polar surface area (TPSA) is 85.3 Å². The van der Waals surface area contributed by atoms with Crippen molar-refractivity contribution in [2.24, 2.45) is 5.92 Å². The molecule has 0 aliphatic carbocycles. The number of benzene rings is 3. The molecule has 1 heterocycles. The maximum absolute atomic E-state index is 14.0. The zero-order valence-electron chi connectivity index (χ0n) is 20.6. The fourth-order valence-electron chi connectivity index (χ4n) is 4.47. The summed E-state index contributed by atoms with van der Waals surface area (Å²) in [4.78, 5) is 0.184. The predicted molar refractivity (Wildman–Crippen MR) is 135 cm³/mol. The minimum Gasteiger partial charge on any atom is -0.504 e. The molecular formula is C27H31NO6S. The Labute approximate surface area is 206 Å². The maximum atomic E-state index is 14.0. The highest BCUT2D eigenvalue weighted by Crippen LogP contribution is 2.54. The van der Waals surface area contributed by atoms with E-state index in [1.54, 1.807) is 68.8 Å². The zero-order valence-corrected chi connectivity index (χ0v) is 21.4. The summed E-state index contributed by atoms with van der Waals surface area (Å²) in [6.45, 7) is 6.36. The van der Waals surface area contributed by atoms with Crippen LogP contribution in [0, 0.1) is 5.92 Å². The van der Waals surface area contributed by atoms with E-state index in [-0.39, 0.29) is 28.2 Å². The van der Waals surface area contributed by atoms with Crippen LogP contribution in [0.2, 0.25) is 0 Å². The SMILES string of the molecule is COc1ccc([C@@H]2[C@@H](C)c3cc(O)c(OCC(C)C)cc3N2S(=O)(=O)c2ccccc2)cc1OC. The summed E-state index contributed by atoms with van der Waals surface area (Å²) in [7, 11) is -0.855. The Hall–Kier alpha value is -3.39. The van der Waals surface area contributed by atoms with Gasteiger partial charge in [0.05, 0.1) is 37.5 Å². The fourth-order valence-corrected chi connectivity index (χ4v) is 6.22. The van der Waals surface area contributed by atoms with Crippen LogP contribution in [0.15, 0.2) is 65.6 Å². The highest BCUT2D eigenvalue weighted by atomic mass is 32.2. The van der Waals surface area contributed by atoms with Gasteiger partial charge in [0.2, 0.25) is 0 Å². The number of methoxy groups -OCH3 is 2. The van der Waals surface area contributed by atoms with Gasteiger partial charge >= 0.3 is 0 Å². The lowest BCUT2D eigenvalue weighted by Crippen LogP contribution is -2.33. The summed E-state index contributed by atoms with van der Waals surface area (Å²) < 4.78 is 46.2. The molecule has 186 valence electrons. The Bertz CT molecular complexity index is 1310. The van der Waals surface area contributed by atoms with E-state index in [2.05, 4.69) is 0 Å². The van der Waals surface area contributed by atoms with E-state index in [9.17, 15) is 13.5 Å². The first-order valence-electron chi connectivity index (χ1n) is 11.5. The molecule has 0 spiro atoms. The number of ether oxygens (including phenoxy) is 3. The molecule has 1 aliphatic rings. The quantitative estimate of drug-likeness (QED) is 0.442. The largest absolute Gasteiger partial charge is 0.504 e. The first-order valence-corrected chi connectivity index (χ1v) is 12.9. The third-order valence-electron chi connectivity index (χ3n) is 6.18. The van der Waals surface area contributed by atoms with Gasteiger partial charge in [-0.25, -0.2) is 8.42 Å². The molecule has 7 nitrogen and oxygen atoms in total. The molecule has 0 saturated carbocycles. The fraction of sp³-hybridized carbons (Fsp3) is 0.333. The van der Waals surface area contributed by atoms with Gasteiger partial charge in [0.25, 0.3) is 10.0 Å². The number of phenolic OH excluding ortho intramolecular Hbond substituents is 1. The monoisotopic (exact) mass is 497 g/mol. The van der Waals surface area contributed by atoms with Crippen molar-refractivity contribution in [1.29, 1.82) is 0 Å². The standard InChI is InChI=1S/C27H31NO6S/c1-17(2)16-34-25-15-22-21(14-23(25)29)18(3)27(19-11-12-24(32-4)26(13-19)33-5)28(22)35(30,31)20-9-7-6-8-10-20/h6-15,17-18,27,29H,16H2,1-5H3/t18-,27-/m0/s1. The number of aromatic hydroxyl groups is 1. The lowest BCUT2D eigenvalue weighted by atomic mass is 9.92. The summed E-state index contributed by atoms with van der Waals surface area (Å²) >= 11 is 0. The van der Waals surface area contributed by atoms with Crippen molar-refractivity contribution in [3.8, 4) is 23.0 Å². The molecule has 0 radical (unpaired) electrons. The summed E-state index contributed by atoms with van der Waals surface area (Å²) in [5.41, 5.74) is 1.95. The van der Waals surface area contributed by atoms with Gasteiger partial charge < -0.3 is 19.3 Å². The molecule has 35 heavy (non-hydrogen) atoms. The van der Waals surface area contributed by atoms with Crippen LogP contribution in [0.3, 0.4) is 0 Å². The summed E-state index contributed by atoms with van der Waals surface area (Å²) in [5.74, 6) is 1.29. The Morgan fingerprint density at radius 3 is 2.26 bits per heavy atom. The molecule has 0 amide bonds. The zero-order chi connectivity index (χ0) is 25.3. The third-order valence-corrected chi connectivity index (χ3v) is 7.99. The number of rotatable bonds is 8. The van der Waals surface area contributed by atoms with E-state index in [4.69, 9.17) is 14.2 Å². The van der Waals surface area contributed by atoms with Crippen molar-refractivity contribution in [3.05, 3.63) is 71.8 Å².